The first kappa shape index (κ1) is 24.6. The molecule has 3 heterocycles. The van der Waals surface area contributed by atoms with Crippen molar-refractivity contribution in [1.29, 1.82) is 0 Å². The summed E-state index contributed by atoms with van der Waals surface area (Å²) in [5.41, 5.74) is 3.32. The fourth-order valence-corrected chi connectivity index (χ4v) is 5.82. The molecule has 2 fully saturated rings. The molecule has 0 radical (unpaired) electrons. The van der Waals surface area contributed by atoms with Crippen LogP contribution in [-0.4, -0.2) is 59.1 Å². The van der Waals surface area contributed by atoms with Crippen LogP contribution in [0.1, 0.15) is 23.8 Å². The highest BCUT2D eigenvalue weighted by Gasteiger charge is 2.43. The predicted octanol–water partition coefficient (Wildman–Crippen LogP) is 3.86. The monoisotopic (exact) mass is 499 g/mol. The second-order valence-corrected chi connectivity index (χ2v) is 9.73. The van der Waals surface area contributed by atoms with Crippen LogP contribution in [0.25, 0.3) is 11.0 Å². The fourth-order valence-electron chi connectivity index (χ4n) is 4.81. The lowest BCUT2D eigenvalue weighted by molar-refractivity contribution is -0.152. The molecule has 2 aliphatic heterocycles. The van der Waals surface area contributed by atoms with E-state index in [1.165, 1.54) is 11.1 Å². The number of furan rings is 1. The molecule has 0 aliphatic carbocycles. The van der Waals surface area contributed by atoms with Gasteiger partial charge in [-0.1, -0.05) is 55.5 Å². The summed E-state index contributed by atoms with van der Waals surface area (Å²) >= 11 is 1.68. The molecule has 2 unspecified atom stereocenters. The quantitative estimate of drug-likeness (QED) is 0.534. The maximum absolute atomic E-state index is 13.1. The number of thioether (sulfide) groups is 1. The minimum atomic E-state index is -0.446. The normalized spacial score (nSPS) is 20.7. The Morgan fingerprint density at radius 3 is 2.62 bits per heavy atom. The molecule has 2 amide bonds. The molecular formula is C26H30ClN3O3S. The third-order valence-corrected chi connectivity index (χ3v) is 7.65. The van der Waals surface area contributed by atoms with Crippen molar-refractivity contribution in [3.8, 4) is 0 Å². The molecule has 34 heavy (non-hydrogen) atoms. The zero-order chi connectivity index (χ0) is 22.8. The number of piperazine rings is 2. The number of hydrogen-bond donors (Lipinski definition) is 1. The van der Waals surface area contributed by atoms with Gasteiger partial charge in [-0.05, 0) is 11.6 Å². The summed E-state index contributed by atoms with van der Waals surface area (Å²) in [5.74, 6) is 2.42. The van der Waals surface area contributed by atoms with E-state index >= 15 is 0 Å². The van der Waals surface area contributed by atoms with Gasteiger partial charge in [-0.2, -0.15) is 11.8 Å². The van der Waals surface area contributed by atoms with Gasteiger partial charge in [-0.15, -0.1) is 12.4 Å². The third-order valence-electron chi connectivity index (χ3n) is 6.55. The number of amides is 2. The number of benzene rings is 2. The molecule has 5 rings (SSSR count). The fraction of sp³-hybridized carbons (Fsp3) is 0.385. The molecule has 0 bridgehead atoms. The van der Waals surface area contributed by atoms with Gasteiger partial charge < -0.3 is 14.6 Å². The Morgan fingerprint density at radius 1 is 1.06 bits per heavy atom. The molecule has 2 atom stereocenters. The summed E-state index contributed by atoms with van der Waals surface area (Å²) in [6.07, 6.45) is 0.828. The topological polar surface area (TPSA) is 65.8 Å². The minimum absolute atomic E-state index is 0. The van der Waals surface area contributed by atoms with Crippen molar-refractivity contribution in [3.05, 3.63) is 71.5 Å². The van der Waals surface area contributed by atoms with Gasteiger partial charge in [0.15, 0.2) is 0 Å². The van der Waals surface area contributed by atoms with E-state index in [-0.39, 0.29) is 24.2 Å². The Hall–Kier alpha value is -2.48. The largest absolute Gasteiger partial charge is 0.461 e. The smallest absolute Gasteiger partial charge is 0.246 e. The first-order chi connectivity index (χ1) is 16.1. The molecule has 0 saturated carbocycles. The second kappa shape index (κ2) is 10.8. The number of para-hydroxylation sites is 1. The number of nitrogens with zero attached hydrogens (tertiary/aromatic N) is 2. The molecular weight excluding hydrogens is 470 g/mol. The summed E-state index contributed by atoms with van der Waals surface area (Å²) < 4.78 is 6.05. The Bertz CT molecular complexity index is 1150. The van der Waals surface area contributed by atoms with E-state index in [0.717, 1.165) is 42.0 Å². The van der Waals surface area contributed by atoms with E-state index in [9.17, 15) is 9.59 Å². The lowest BCUT2D eigenvalue weighted by Gasteiger charge is -2.45. The lowest BCUT2D eigenvalue weighted by Crippen LogP contribution is -2.69. The first-order valence-electron chi connectivity index (χ1n) is 11.6. The molecule has 0 spiro atoms. The molecule has 1 N–H and O–H groups in total. The van der Waals surface area contributed by atoms with Crippen molar-refractivity contribution in [2.75, 3.05) is 25.4 Å². The van der Waals surface area contributed by atoms with Crippen molar-refractivity contribution in [2.24, 2.45) is 0 Å². The first-order valence-corrected chi connectivity index (χ1v) is 12.7. The van der Waals surface area contributed by atoms with Gasteiger partial charge in [0.05, 0.1) is 0 Å². The number of nitrogens with one attached hydrogen (secondary N) is 1. The molecule has 8 heteroatoms. The summed E-state index contributed by atoms with van der Waals surface area (Å²) in [5, 5.41) is 4.12. The van der Waals surface area contributed by atoms with E-state index in [1.54, 1.807) is 16.7 Å². The second-order valence-electron chi connectivity index (χ2n) is 8.70. The van der Waals surface area contributed by atoms with Crippen LogP contribution in [0.4, 0.5) is 0 Å². The van der Waals surface area contributed by atoms with Gasteiger partial charge >= 0.3 is 0 Å². The van der Waals surface area contributed by atoms with Crippen LogP contribution in [0.3, 0.4) is 0 Å². The zero-order valence-electron chi connectivity index (χ0n) is 19.2. The van der Waals surface area contributed by atoms with Crippen LogP contribution in [0, 0.1) is 0 Å². The highest BCUT2D eigenvalue weighted by Crippen LogP contribution is 2.29. The Labute approximate surface area is 210 Å². The third kappa shape index (κ3) is 4.97. The van der Waals surface area contributed by atoms with Gasteiger partial charge in [0, 0.05) is 55.1 Å². The maximum Gasteiger partial charge on any atom is 0.246 e. The number of rotatable bonds is 7. The van der Waals surface area contributed by atoms with Crippen molar-refractivity contribution in [1.82, 2.24) is 15.1 Å². The van der Waals surface area contributed by atoms with Crippen molar-refractivity contribution >= 4 is 47.0 Å². The van der Waals surface area contributed by atoms with Crippen LogP contribution in [0.5, 0.6) is 0 Å². The van der Waals surface area contributed by atoms with Gasteiger partial charge in [0.2, 0.25) is 11.8 Å². The van der Waals surface area contributed by atoms with Gasteiger partial charge in [0.25, 0.3) is 0 Å². The summed E-state index contributed by atoms with van der Waals surface area (Å²) in [6, 6.07) is 17.4. The van der Waals surface area contributed by atoms with E-state index in [1.807, 2.05) is 36.4 Å². The van der Waals surface area contributed by atoms with E-state index in [0.29, 0.717) is 18.8 Å². The van der Waals surface area contributed by atoms with Crippen LogP contribution in [-0.2, 0) is 28.3 Å². The highest BCUT2D eigenvalue weighted by atomic mass is 35.5. The number of fused-ring (bicyclic) bond motifs is 2. The summed E-state index contributed by atoms with van der Waals surface area (Å²) in [6.45, 7) is 4.70. The van der Waals surface area contributed by atoms with E-state index in [2.05, 4.69) is 35.3 Å². The van der Waals surface area contributed by atoms with Crippen LogP contribution in [0.15, 0.2) is 59.0 Å². The zero-order valence-corrected chi connectivity index (χ0v) is 20.9. The molecule has 1 aromatic heterocycles. The molecule has 2 saturated heterocycles. The standard InChI is InChI=1S/C26H29N3O3S.ClH/c1-2-23-20(19-10-6-7-11-24(19)32-23)14-28-12-13-29-22(15-28)25(30)27-21(26(29)31)17-33-16-18-8-4-3-5-9-18;/h3-11,21-22H,2,12-17H2,1H3,(H,27,30);1H. The Morgan fingerprint density at radius 2 is 1.82 bits per heavy atom. The number of carbonyl (C=O) groups excluding carboxylic acids is 2. The molecule has 2 aliphatic rings. The van der Waals surface area contributed by atoms with Gasteiger partial charge in [0.1, 0.15) is 23.4 Å². The number of hydrogen-bond acceptors (Lipinski definition) is 5. The average molecular weight is 500 g/mol. The van der Waals surface area contributed by atoms with Gasteiger partial charge in [-0.25, -0.2) is 0 Å². The van der Waals surface area contributed by atoms with Crippen LogP contribution < -0.4 is 5.32 Å². The average Bonchev–Trinajstić information content (AvgIpc) is 3.20. The molecule has 3 aromatic rings. The SMILES string of the molecule is CCc1oc2ccccc2c1CN1CCN2C(=O)C(CSCc3ccccc3)NC(=O)C2C1.Cl. The van der Waals surface area contributed by atoms with Gasteiger partial charge in [-0.3, -0.25) is 14.5 Å². The molecule has 6 nitrogen and oxygen atoms in total. The molecule has 2 aromatic carbocycles. The highest BCUT2D eigenvalue weighted by molar-refractivity contribution is 7.98. The van der Waals surface area contributed by atoms with E-state index < -0.39 is 12.1 Å². The summed E-state index contributed by atoms with van der Waals surface area (Å²) in [7, 11) is 0. The van der Waals surface area contributed by atoms with Crippen molar-refractivity contribution in [2.45, 2.75) is 37.7 Å². The van der Waals surface area contributed by atoms with Crippen LogP contribution >= 0.6 is 24.2 Å². The Balaban J connectivity index is 0.00000274. The predicted molar refractivity (Wildman–Crippen MR) is 138 cm³/mol. The summed E-state index contributed by atoms with van der Waals surface area (Å²) in [4.78, 5) is 30.1. The van der Waals surface area contributed by atoms with Crippen LogP contribution in [0.2, 0.25) is 0 Å². The number of carbonyl (C=O) groups is 2. The number of aryl methyl sites for hydroxylation is 1. The molecule has 180 valence electrons. The van der Waals surface area contributed by atoms with Crippen molar-refractivity contribution in [3.63, 3.8) is 0 Å². The number of halogens is 1. The minimum Gasteiger partial charge on any atom is -0.461 e. The van der Waals surface area contributed by atoms with E-state index in [4.69, 9.17) is 4.42 Å². The van der Waals surface area contributed by atoms with Crippen molar-refractivity contribution < 1.29 is 14.0 Å². The Kier molecular flexibility index (Phi) is 7.86. The lowest BCUT2D eigenvalue weighted by atomic mass is 10.0. The maximum atomic E-state index is 13.1.